The second kappa shape index (κ2) is 12.1. The van der Waals surface area contributed by atoms with E-state index in [9.17, 15) is 13.0 Å². The van der Waals surface area contributed by atoms with Crippen LogP contribution in [0.25, 0.3) is 11.1 Å². The van der Waals surface area contributed by atoms with Crippen LogP contribution in [0.5, 0.6) is 0 Å². The Kier molecular flexibility index (Phi) is 9.61. The van der Waals surface area contributed by atoms with Gasteiger partial charge in [0.2, 0.25) is 0 Å². The number of halogens is 1. The number of benzene rings is 4. The van der Waals surface area contributed by atoms with Crippen molar-refractivity contribution in [2.45, 2.75) is 64.2 Å². The first-order chi connectivity index (χ1) is 17.6. The molecule has 4 aromatic rings. The fourth-order valence-electron chi connectivity index (χ4n) is 3.89. The normalized spacial score (nSPS) is 12.0. The van der Waals surface area contributed by atoms with E-state index < -0.39 is 10.1 Å². The number of hydrogen-bond donors (Lipinski definition) is 0. The summed E-state index contributed by atoms with van der Waals surface area (Å²) in [7, 11) is -4.38. The van der Waals surface area contributed by atoms with E-state index in [2.05, 4.69) is 90.1 Å². The van der Waals surface area contributed by atoms with Crippen molar-refractivity contribution < 1.29 is 34.2 Å². The van der Waals surface area contributed by atoms with Crippen LogP contribution in [0, 0.1) is 14.1 Å². The molecule has 200 valence electrons. The maximum Gasteiger partial charge on any atom is 0.357 e. The van der Waals surface area contributed by atoms with Crippen LogP contribution in [0.1, 0.15) is 58.2 Å². The molecule has 0 atom stereocenters. The topological polar surface area (TPSA) is 57.2 Å². The summed E-state index contributed by atoms with van der Waals surface area (Å²) in [6.45, 7) is 15.2. The molecule has 0 radical (unpaired) electrons. The van der Waals surface area contributed by atoms with Crippen molar-refractivity contribution in [2.75, 3.05) is 0 Å². The first-order valence-corrected chi connectivity index (χ1v) is 16.2. The summed E-state index contributed by atoms with van der Waals surface area (Å²) in [6, 6.07) is 32.7. The van der Waals surface area contributed by atoms with Crippen molar-refractivity contribution in [3.8, 4) is 11.1 Å². The van der Waals surface area contributed by atoms with Gasteiger partial charge in [0.25, 0.3) is 0 Å². The third-order valence-electron chi connectivity index (χ3n) is 6.19. The molecule has 0 spiro atoms. The SMILES string of the molecule is CC(C)(C)c1ccc([I+]c2ccc(C(C)(C)C)cc2)cc1.Cc1cc(-c2ccccc2)ccc1S(=O)(=O)[O-]. The predicted octanol–water partition coefficient (Wildman–Crippen LogP) is 4.98. The molecule has 0 amide bonds. The number of hydrogen-bond acceptors (Lipinski definition) is 3. The minimum absolute atomic E-state index is 0.0703. The summed E-state index contributed by atoms with van der Waals surface area (Å²) < 4.78 is 35.8. The van der Waals surface area contributed by atoms with Gasteiger partial charge >= 0.3 is 21.2 Å². The molecule has 0 N–H and O–H groups in total. The van der Waals surface area contributed by atoms with E-state index in [1.165, 1.54) is 24.3 Å². The largest absolute Gasteiger partial charge is 0.744 e. The van der Waals surface area contributed by atoms with Crippen molar-refractivity contribution in [3.05, 3.63) is 121 Å². The van der Waals surface area contributed by atoms with Gasteiger partial charge in [-0.3, -0.25) is 0 Å². The van der Waals surface area contributed by atoms with Gasteiger partial charge in [0.15, 0.2) is 7.14 Å². The summed E-state index contributed by atoms with van der Waals surface area (Å²) in [4.78, 5) is -0.155. The molecular weight excluding hydrogens is 603 g/mol. The molecule has 0 aliphatic carbocycles. The van der Waals surface area contributed by atoms with Crippen LogP contribution in [0.2, 0.25) is 0 Å². The number of rotatable bonds is 4. The average molecular weight is 641 g/mol. The van der Waals surface area contributed by atoms with E-state index in [0.717, 1.165) is 11.1 Å². The Balaban J connectivity index is 0.000000215. The maximum absolute atomic E-state index is 10.9. The second-order valence-corrected chi connectivity index (χ2v) is 15.8. The smallest absolute Gasteiger partial charge is 0.357 e. The molecule has 0 fully saturated rings. The van der Waals surface area contributed by atoms with Gasteiger partial charge in [0, 0.05) is 0 Å². The Bertz CT molecular complexity index is 1390. The minimum atomic E-state index is -4.38. The molecule has 0 aliphatic heterocycles. The van der Waals surface area contributed by atoms with Crippen LogP contribution in [0.4, 0.5) is 0 Å². The van der Waals surface area contributed by atoms with E-state index in [1.54, 1.807) is 19.1 Å². The highest BCUT2D eigenvalue weighted by Gasteiger charge is 2.20. The van der Waals surface area contributed by atoms with Crippen LogP contribution < -0.4 is 21.2 Å². The molecule has 0 saturated heterocycles. The molecule has 0 unspecified atom stereocenters. The van der Waals surface area contributed by atoms with Crippen LogP contribution >= 0.6 is 0 Å². The quantitative estimate of drug-likeness (QED) is 0.234. The zero-order valence-corrected chi connectivity index (χ0v) is 26.2. The van der Waals surface area contributed by atoms with Gasteiger partial charge in [0.1, 0.15) is 10.1 Å². The Labute approximate surface area is 239 Å². The highest BCUT2D eigenvalue weighted by Crippen LogP contribution is 2.24. The van der Waals surface area contributed by atoms with Crippen LogP contribution in [0.15, 0.2) is 102 Å². The van der Waals surface area contributed by atoms with Gasteiger partial charge in [0.05, 0.1) is 4.90 Å². The standard InChI is InChI=1S/C20H26I.C13H12O3S/c1-19(2,3)15-7-11-17(12-8-15)21-18-13-9-16(10-14-18)20(4,5)6;1-10-9-12(11-5-3-2-4-6-11)7-8-13(10)17(14,15)16/h7-14H,1-6H3;2-9H,1H3,(H,14,15,16)/q+1;/p-1. The monoisotopic (exact) mass is 640 g/mol. The molecule has 0 bridgehead atoms. The molecule has 4 rings (SSSR count). The minimum Gasteiger partial charge on any atom is -0.744 e. The summed E-state index contributed by atoms with van der Waals surface area (Å²) >= 11 is -0.0703. The zero-order valence-electron chi connectivity index (χ0n) is 23.2. The zero-order chi connectivity index (χ0) is 28.1. The molecule has 38 heavy (non-hydrogen) atoms. The maximum atomic E-state index is 10.9. The van der Waals surface area contributed by atoms with E-state index in [4.69, 9.17) is 0 Å². The lowest BCUT2D eigenvalue weighted by Gasteiger charge is -2.18. The first kappa shape index (κ1) is 30.1. The van der Waals surface area contributed by atoms with Crippen molar-refractivity contribution in [2.24, 2.45) is 0 Å². The average Bonchev–Trinajstić information content (AvgIpc) is 2.84. The summed E-state index contributed by atoms with van der Waals surface area (Å²) in [6.07, 6.45) is 0. The van der Waals surface area contributed by atoms with Crippen LogP contribution in [-0.2, 0) is 20.9 Å². The molecule has 4 aromatic carbocycles. The van der Waals surface area contributed by atoms with E-state index in [-0.39, 0.29) is 36.9 Å². The summed E-state index contributed by atoms with van der Waals surface area (Å²) in [5.74, 6) is 0. The van der Waals surface area contributed by atoms with Crippen molar-refractivity contribution in [1.82, 2.24) is 0 Å². The molecule has 0 saturated carbocycles. The third-order valence-corrected chi connectivity index (χ3v) is 9.87. The van der Waals surface area contributed by atoms with Gasteiger partial charge in [-0.05, 0) is 75.9 Å². The van der Waals surface area contributed by atoms with Gasteiger partial charge in [-0.15, -0.1) is 0 Å². The van der Waals surface area contributed by atoms with E-state index in [1.807, 2.05) is 30.3 Å². The Hall–Kier alpha value is -2.48. The molecular formula is C33H37IO3S. The fraction of sp³-hybridized carbons (Fsp3) is 0.273. The highest BCUT2D eigenvalue weighted by atomic mass is 127. The first-order valence-electron chi connectivity index (χ1n) is 12.6. The van der Waals surface area contributed by atoms with Gasteiger partial charge in [-0.2, -0.15) is 0 Å². The highest BCUT2D eigenvalue weighted by molar-refractivity contribution is 7.85. The Morgan fingerprint density at radius 3 is 1.42 bits per heavy atom. The molecule has 0 aliphatic rings. The van der Waals surface area contributed by atoms with Gasteiger partial charge < -0.3 is 4.55 Å². The van der Waals surface area contributed by atoms with E-state index >= 15 is 0 Å². The fourth-order valence-corrected chi connectivity index (χ4v) is 6.74. The second-order valence-electron chi connectivity index (χ2n) is 11.4. The van der Waals surface area contributed by atoms with Gasteiger partial charge in [-0.1, -0.05) is 108 Å². The molecule has 0 aromatic heterocycles. The Morgan fingerprint density at radius 2 is 1.05 bits per heavy atom. The van der Waals surface area contributed by atoms with Crippen molar-refractivity contribution >= 4 is 10.1 Å². The predicted molar refractivity (Wildman–Crippen MR) is 152 cm³/mol. The summed E-state index contributed by atoms with van der Waals surface area (Å²) in [5.41, 5.74) is 5.68. The Morgan fingerprint density at radius 1 is 0.605 bits per heavy atom. The molecule has 0 heterocycles. The van der Waals surface area contributed by atoms with E-state index in [0.29, 0.717) is 5.56 Å². The molecule has 5 heteroatoms. The lowest BCUT2D eigenvalue weighted by Crippen LogP contribution is -3.61. The third kappa shape index (κ3) is 8.52. The lowest BCUT2D eigenvalue weighted by atomic mass is 9.87. The lowest BCUT2D eigenvalue weighted by molar-refractivity contribution is -0.597. The summed E-state index contributed by atoms with van der Waals surface area (Å²) in [5, 5.41) is 0. The van der Waals surface area contributed by atoms with Crippen molar-refractivity contribution in [1.29, 1.82) is 0 Å². The van der Waals surface area contributed by atoms with Crippen LogP contribution in [-0.4, -0.2) is 13.0 Å². The van der Waals surface area contributed by atoms with Gasteiger partial charge in [-0.25, -0.2) is 8.42 Å². The van der Waals surface area contributed by atoms with Crippen molar-refractivity contribution in [3.63, 3.8) is 0 Å². The van der Waals surface area contributed by atoms with Crippen LogP contribution in [0.3, 0.4) is 0 Å². The number of aryl methyl sites for hydroxylation is 1. The molecule has 3 nitrogen and oxygen atoms in total.